The van der Waals surface area contributed by atoms with Crippen LogP contribution < -0.4 is 5.73 Å². The first-order valence-corrected chi connectivity index (χ1v) is 6.90. The Hall–Kier alpha value is -2.75. The van der Waals surface area contributed by atoms with Crippen molar-refractivity contribution in [1.82, 2.24) is 9.55 Å². The number of anilines is 1. The van der Waals surface area contributed by atoms with Gasteiger partial charge in [-0.05, 0) is 36.8 Å². The van der Waals surface area contributed by atoms with Crippen LogP contribution in [0.1, 0.15) is 11.5 Å². The zero-order chi connectivity index (χ0) is 14.4. The maximum absolute atomic E-state index is 5.79. The molecule has 21 heavy (non-hydrogen) atoms. The van der Waals surface area contributed by atoms with Gasteiger partial charge in [-0.2, -0.15) is 0 Å². The van der Waals surface area contributed by atoms with Crippen LogP contribution in [-0.4, -0.2) is 9.55 Å². The summed E-state index contributed by atoms with van der Waals surface area (Å²) in [4.78, 5) is 4.51. The van der Waals surface area contributed by atoms with E-state index in [-0.39, 0.29) is 0 Å². The number of fused-ring (bicyclic) bond motifs is 2. The highest BCUT2D eigenvalue weighted by atomic mass is 16.3. The van der Waals surface area contributed by atoms with Gasteiger partial charge in [0.05, 0.1) is 6.54 Å². The predicted octanol–water partition coefficient (Wildman–Crippen LogP) is 3.72. The quantitative estimate of drug-likeness (QED) is 0.568. The molecule has 0 saturated carbocycles. The van der Waals surface area contributed by atoms with Gasteiger partial charge in [-0.3, -0.25) is 0 Å². The van der Waals surface area contributed by atoms with Crippen LogP contribution in [0.5, 0.6) is 0 Å². The molecule has 0 atom stereocenters. The number of nitrogens with zero attached hydrogens (tertiary/aromatic N) is 2. The van der Waals surface area contributed by atoms with E-state index in [0.29, 0.717) is 18.1 Å². The maximum Gasteiger partial charge on any atom is 0.215 e. The van der Waals surface area contributed by atoms with E-state index in [1.165, 1.54) is 16.5 Å². The summed E-state index contributed by atoms with van der Waals surface area (Å²) < 4.78 is 7.94. The van der Waals surface area contributed by atoms with E-state index in [2.05, 4.69) is 46.9 Å². The number of nitrogens with two attached hydrogens (primary N) is 1. The Morgan fingerprint density at radius 2 is 2.10 bits per heavy atom. The molecule has 0 saturated heterocycles. The molecule has 2 aromatic heterocycles. The highest BCUT2D eigenvalue weighted by Crippen LogP contribution is 2.22. The van der Waals surface area contributed by atoms with E-state index in [1.807, 2.05) is 18.2 Å². The predicted molar refractivity (Wildman–Crippen MR) is 84.2 cm³/mol. The third-order valence-electron chi connectivity index (χ3n) is 3.79. The lowest BCUT2D eigenvalue weighted by Gasteiger charge is -2.02. The smallest absolute Gasteiger partial charge is 0.215 e. The Bertz CT molecular complexity index is 949. The van der Waals surface area contributed by atoms with E-state index in [0.717, 1.165) is 11.1 Å². The fourth-order valence-electron chi connectivity index (χ4n) is 2.72. The van der Waals surface area contributed by atoms with Crippen LogP contribution >= 0.6 is 0 Å². The van der Waals surface area contributed by atoms with Gasteiger partial charge in [0.15, 0.2) is 5.58 Å². The maximum atomic E-state index is 5.79. The SMILES string of the molecule is Cc1cccc2c1ccn2Cc1nc2ccc(N)cc2o1. The van der Waals surface area contributed by atoms with Crippen molar-refractivity contribution < 1.29 is 4.42 Å². The summed E-state index contributed by atoms with van der Waals surface area (Å²) in [6.07, 6.45) is 2.07. The van der Waals surface area contributed by atoms with Crippen LogP contribution in [0.3, 0.4) is 0 Å². The highest BCUT2D eigenvalue weighted by Gasteiger charge is 2.09. The third kappa shape index (κ3) is 1.96. The van der Waals surface area contributed by atoms with Crippen molar-refractivity contribution in [3.8, 4) is 0 Å². The van der Waals surface area contributed by atoms with Gasteiger partial charge in [-0.25, -0.2) is 4.98 Å². The molecule has 0 spiro atoms. The number of hydrogen-bond acceptors (Lipinski definition) is 3. The number of hydrogen-bond donors (Lipinski definition) is 1. The summed E-state index contributed by atoms with van der Waals surface area (Å²) in [6.45, 7) is 2.73. The molecule has 4 heteroatoms. The highest BCUT2D eigenvalue weighted by molar-refractivity contribution is 5.83. The fraction of sp³-hybridized carbons (Fsp3) is 0.118. The van der Waals surface area contributed by atoms with Crippen molar-refractivity contribution in [2.45, 2.75) is 13.5 Å². The molecule has 0 fully saturated rings. The van der Waals surface area contributed by atoms with Gasteiger partial charge >= 0.3 is 0 Å². The molecular formula is C17H15N3O. The molecule has 2 heterocycles. The Balaban J connectivity index is 1.77. The molecule has 0 bridgehead atoms. The van der Waals surface area contributed by atoms with Crippen LogP contribution in [-0.2, 0) is 6.54 Å². The van der Waals surface area contributed by atoms with Crippen LogP contribution in [0.4, 0.5) is 5.69 Å². The molecule has 4 aromatic rings. The number of rotatable bonds is 2. The molecule has 2 N–H and O–H groups in total. The Labute approximate surface area is 121 Å². The van der Waals surface area contributed by atoms with Gasteiger partial charge in [-0.1, -0.05) is 12.1 Å². The average molecular weight is 277 g/mol. The lowest BCUT2D eigenvalue weighted by atomic mass is 10.1. The largest absolute Gasteiger partial charge is 0.439 e. The standard InChI is InChI=1S/C17H15N3O/c1-11-3-2-4-15-13(11)7-8-20(15)10-17-19-14-6-5-12(18)9-16(14)21-17/h2-9H,10,18H2,1H3. The minimum absolute atomic E-state index is 0.613. The average Bonchev–Trinajstić information content (AvgIpc) is 3.04. The molecule has 0 amide bonds. The summed E-state index contributed by atoms with van der Waals surface area (Å²) in [7, 11) is 0. The van der Waals surface area contributed by atoms with Crippen molar-refractivity contribution in [3.05, 3.63) is 60.1 Å². The normalized spacial score (nSPS) is 11.5. The van der Waals surface area contributed by atoms with E-state index in [9.17, 15) is 0 Å². The number of nitrogen functional groups attached to an aromatic ring is 1. The van der Waals surface area contributed by atoms with Crippen molar-refractivity contribution >= 4 is 27.7 Å². The van der Waals surface area contributed by atoms with Gasteiger partial charge in [0.2, 0.25) is 5.89 Å². The molecule has 0 radical (unpaired) electrons. The van der Waals surface area contributed by atoms with Crippen LogP contribution in [0.15, 0.2) is 53.1 Å². The van der Waals surface area contributed by atoms with E-state index < -0.39 is 0 Å². The molecule has 0 aliphatic rings. The minimum atomic E-state index is 0.613. The number of aromatic nitrogens is 2. The first-order chi connectivity index (χ1) is 10.2. The molecule has 4 rings (SSSR count). The first-order valence-electron chi connectivity index (χ1n) is 6.90. The minimum Gasteiger partial charge on any atom is -0.439 e. The second-order valence-electron chi connectivity index (χ2n) is 5.29. The molecular weight excluding hydrogens is 262 g/mol. The number of aryl methyl sites for hydroxylation is 1. The lowest BCUT2D eigenvalue weighted by molar-refractivity contribution is 0.513. The van der Waals surface area contributed by atoms with Gasteiger partial charge in [0.1, 0.15) is 5.52 Å². The third-order valence-corrected chi connectivity index (χ3v) is 3.79. The zero-order valence-electron chi connectivity index (χ0n) is 11.7. The van der Waals surface area contributed by atoms with E-state index in [4.69, 9.17) is 10.2 Å². The van der Waals surface area contributed by atoms with Gasteiger partial charge < -0.3 is 14.7 Å². The second kappa shape index (κ2) is 4.38. The summed E-state index contributed by atoms with van der Waals surface area (Å²) in [5.74, 6) is 0.689. The van der Waals surface area contributed by atoms with Crippen molar-refractivity contribution in [2.24, 2.45) is 0 Å². The summed E-state index contributed by atoms with van der Waals surface area (Å²) >= 11 is 0. The topological polar surface area (TPSA) is 57.0 Å². The van der Waals surface area contributed by atoms with Gasteiger partial charge in [0.25, 0.3) is 0 Å². The summed E-state index contributed by atoms with van der Waals surface area (Å²) in [5, 5.41) is 1.26. The van der Waals surface area contributed by atoms with Gasteiger partial charge in [0, 0.05) is 28.9 Å². The monoisotopic (exact) mass is 277 g/mol. The molecule has 0 aliphatic carbocycles. The lowest BCUT2D eigenvalue weighted by Crippen LogP contribution is -1.97. The summed E-state index contributed by atoms with van der Waals surface area (Å²) in [5.41, 5.74) is 10.5. The van der Waals surface area contributed by atoms with Crippen LogP contribution in [0.25, 0.3) is 22.0 Å². The van der Waals surface area contributed by atoms with Crippen LogP contribution in [0, 0.1) is 6.92 Å². The van der Waals surface area contributed by atoms with Crippen molar-refractivity contribution in [1.29, 1.82) is 0 Å². The fourth-order valence-corrected chi connectivity index (χ4v) is 2.72. The summed E-state index contributed by atoms with van der Waals surface area (Å²) in [6, 6.07) is 14.0. The second-order valence-corrected chi connectivity index (χ2v) is 5.29. The molecule has 2 aromatic carbocycles. The molecule has 0 unspecified atom stereocenters. The zero-order valence-corrected chi connectivity index (χ0v) is 11.7. The Kier molecular flexibility index (Phi) is 2.51. The number of oxazole rings is 1. The molecule has 0 aliphatic heterocycles. The Morgan fingerprint density at radius 3 is 3.00 bits per heavy atom. The van der Waals surface area contributed by atoms with Crippen LogP contribution in [0.2, 0.25) is 0 Å². The molecule has 4 nitrogen and oxygen atoms in total. The van der Waals surface area contributed by atoms with Gasteiger partial charge in [-0.15, -0.1) is 0 Å². The van der Waals surface area contributed by atoms with E-state index >= 15 is 0 Å². The first kappa shape index (κ1) is 12.0. The van der Waals surface area contributed by atoms with Crippen molar-refractivity contribution in [3.63, 3.8) is 0 Å². The van der Waals surface area contributed by atoms with Crippen molar-refractivity contribution in [2.75, 3.05) is 5.73 Å². The Morgan fingerprint density at radius 1 is 1.19 bits per heavy atom. The van der Waals surface area contributed by atoms with E-state index in [1.54, 1.807) is 0 Å². The number of benzene rings is 2. The molecule has 104 valence electrons.